The molecule has 0 aliphatic rings. The van der Waals surface area contributed by atoms with E-state index in [1.54, 1.807) is 19.3 Å². The Balaban J connectivity index is 0.000000232. The minimum atomic E-state index is -0.888. The van der Waals surface area contributed by atoms with E-state index in [2.05, 4.69) is 33.3 Å². The monoisotopic (exact) mass is 310 g/mol. The lowest BCUT2D eigenvalue weighted by molar-refractivity contribution is -0.133. The van der Waals surface area contributed by atoms with E-state index >= 15 is 0 Å². The van der Waals surface area contributed by atoms with Crippen LogP contribution in [0.1, 0.15) is 13.8 Å². The average Bonchev–Trinajstić information content (AvgIpc) is 2.61. The highest BCUT2D eigenvalue weighted by atomic mass is 16.5. The van der Waals surface area contributed by atoms with Gasteiger partial charge in [-0.3, -0.25) is 9.97 Å². The highest BCUT2D eigenvalue weighted by Gasteiger charge is 2.12. The molecule has 23 heavy (non-hydrogen) atoms. The molecule has 0 radical (unpaired) electrons. The molecule has 1 unspecified atom stereocenters. The molecule has 0 amide bonds. The van der Waals surface area contributed by atoms with Gasteiger partial charge in [0.2, 0.25) is 0 Å². The van der Waals surface area contributed by atoms with Crippen LogP contribution in [0, 0.1) is 12.0 Å². The zero-order valence-electron chi connectivity index (χ0n) is 13.1. The van der Waals surface area contributed by atoms with Crippen molar-refractivity contribution in [2.24, 2.45) is 0 Å². The zero-order chi connectivity index (χ0) is 17.1. The van der Waals surface area contributed by atoms with Crippen molar-refractivity contribution < 1.29 is 14.6 Å². The van der Waals surface area contributed by atoms with Crippen molar-refractivity contribution >= 4 is 5.97 Å². The summed E-state index contributed by atoms with van der Waals surface area (Å²) >= 11 is 0. The van der Waals surface area contributed by atoms with Gasteiger partial charge in [-0.15, -0.1) is 0 Å². The first kappa shape index (κ1) is 18.1. The lowest BCUT2D eigenvalue weighted by Gasteiger charge is -2.02. The molecule has 0 aromatic carbocycles. The first-order valence-electron chi connectivity index (χ1n) is 6.88. The molecule has 0 fully saturated rings. The first-order chi connectivity index (χ1) is 11.1. The highest BCUT2D eigenvalue weighted by molar-refractivity contribution is 5.89. The quantitative estimate of drug-likeness (QED) is 0.536. The van der Waals surface area contributed by atoms with Crippen molar-refractivity contribution in [3.63, 3.8) is 0 Å². The predicted molar refractivity (Wildman–Crippen MR) is 87.8 cm³/mol. The second-order valence-corrected chi connectivity index (χ2v) is 4.37. The molecule has 2 aromatic rings. The second-order valence-electron chi connectivity index (χ2n) is 4.37. The van der Waals surface area contributed by atoms with E-state index in [-0.39, 0.29) is 5.57 Å². The van der Waals surface area contributed by atoms with Crippen molar-refractivity contribution in [1.82, 2.24) is 9.97 Å². The van der Waals surface area contributed by atoms with Gasteiger partial charge in [-0.2, -0.15) is 0 Å². The fraction of sp³-hybridized carbons (Fsp3) is 0.167. The summed E-state index contributed by atoms with van der Waals surface area (Å²) in [4.78, 5) is 19.1. The van der Waals surface area contributed by atoms with E-state index in [9.17, 15) is 4.79 Å². The van der Waals surface area contributed by atoms with Crippen LogP contribution in [0.25, 0.3) is 11.4 Å². The molecule has 118 valence electrons. The largest absolute Gasteiger partial charge is 0.388 e. The summed E-state index contributed by atoms with van der Waals surface area (Å²) in [6, 6.07) is 11.6. The molecular weight excluding hydrogens is 292 g/mol. The standard InChI is InChI=1S/C10H8N2.C8H10O3/c1-3-7-11-9(5-1)10-6-2-4-8-12-10;1-4-5-11-8(10)6(2)7(3)9/h1-8H;7,9H,2H2,1,3H3. The molecule has 0 bridgehead atoms. The third-order valence-corrected chi connectivity index (χ3v) is 2.60. The van der Waals surface area contributed by atoms with Crippen LogP contribution in [0.4, 0.5) is 0 Å². The molecule has 2 aromatic heterocycles. The smallest absolute Gasteiger partial charge is 0.349 e. The molecule has 0 saturated carbocycles. The maximum absolute atomic E-state index is 10.8. The Morgan fingerprint density at radius 2 is 1.70 bits per heavy atom. The third-order valence-electron chi connectivity index (χ3n) is 2.60. The SMILES string of the molecule is C=C(C(=O)OC#CC)C(C)O.c1ccc(-c2ccccn2)nc1. The van der Waals surface area contributed by atoms with Crippen molar-refractivity contribution in [3.05, 3.63) is 60.9 Å². The molecule has 5 heteroatoms. The van der Waals surface area contributed by atoms with Crippen molar-refractivity contribution in [3.8, 4) is 23.4 Å². The summed E-state index contributed by atoms with van der Waals surface area (Å²) in [6.45, 7) is 6.29. The van der Waals surface area contributed by atoms with Gasteiger partial charge in [0.05, 0.1) is 23.1 Å². The van der Waals surface area contributed by atoms with Crippen LogP contribution in [0.2, 0.25) is 0 Å². The molecule has 0 spiro atoms. The van der Waals surface area contributed by atoms with E-state index in [1.165, 1.54) is 6.92 Å². The van der Waals surface area contributed by atoms with Gasteiger partial charge >= 0.3 is 5.97 Å². The number of nitrogens with zero attached hydrogens (tertiary/aromatic N) is 2. The first-order valence-corrected chi connectivity index (χ1v) is 6.88. The van der Waals surface area contributed by atoms with Gasteiger partial charge in [0.15, 0.2) is 0 Å². The number of hydrogen-bond acceptors (Lipinski definition) is 5. The fourth-order valence-corrected chi connectivity index (χ4v) is 1.36. The molecule has 2 heterocycles. The van der Waals surface area contributed by atoms with Crippen molar-refractivity contribution in [1.29, 1.82) is 0 Å². The third kappa shape index (κ3) is 6.55. The Labute approximate surface area is 135 Å². The number of carbonyl (C=O) groups is 1. The number of aliphatic hydroxyl groups is 1. The molecule has 0 aliphatic carbocycles. The Morgan fingerprint density at radius 1 is 1.17 bits per heavy atom. The highest BCUT2D eigenvalue weighted by Crippen LogP contribution is 2.10. The van der Waals surface area contributed by atoms with Gasteiger partial charge in [0.1, 0.15) is 6.11 Å². The minimum Gasteiger partial charge on any atom is -0.388 e. The summed E-state index contributed by atoms with van der Waals surface area (Å²) in [5.74, 6) is 1.69. The van der Waals surface area contributed by atoms with Gasteiger partial charge < -0.3 is 9.84 Å². The number of aliphatic hydroxyl groups excluding tert-OH is 1. The van der Waals surface area contributed by atoms with Gasteiger partial charge in [-0.05, 0) is 31.2 Å². The van der Waals surface area contributed by atoms with Crippen LogP contribution in [-0.4, -0.2) is 27.1 Å². The van der Waals surface area contributed by atoms with Crippen LogP contribution >= 0.6 is 0 Å². The van der Waals surface area contributed by atoms with E-state index in [0.29, 0.717) is 0 Å². The van der Waals surface area contributed by atoms with E-state index in [0.717, 1.165) is 11.4 Å². The summed E-state index contributed by atoms with van der Waals surface area (Å²) in [7, 11) is 0. The number of aromatic nitrogens is 2. The van der Waals surface area contributed by atoms with Crippen molar-refractivity contribution in [2.75, 3.05) is 0 Å². The summed E-state index contributed by atoms with van der Waals surface area (Å²) in [6.07, 6.45) is 4.76. The van der Waals surface area contributed by atoms with Crippen LogP contribution in [0.15, 0.2) is 60.9 Å². The number of hydrogen-bond donors (Lipinski definition) is 1. The summed E-state index contributed by atoms with van der Waals surface area (Å²) in [5, 5.41) is 8.84. The Kier molecular flexibility index (Phi) is 7.76. The molecule has 1 atom stereocenters. The Morgan fingerprint density at radius 3 is 2.04 bits per heavy atom. The predicted octanol–water partition coefficient (Wildman–Crippen LogP) is 2.59. The molecule has 2 rings (SSSR count). The van der Waals surface area contributed by atoms with Crippen molar-refractivity contribution in [2.45, 2.75) is 20.0 Å². The van der Waals surface area contributed by atoms with Crippen LogP contribution < -0.4 is 0 Å². The fourth-order valence-electron chi connectivity index (χ4n) is 1.36. The average molecular weight is 310 g/mol. The maximum atomic E-state index is 10.8. The lowest BCUT2D eigenvalue weighted by atomic mass is 10.2. The van der Waals surface area contributed by atoms with Gasteiger partial charge in [0.25, 0.3) is 0 Å². The second kappa shape index (κ2) is 9.87. The van der Waals surface area contributed by atoms with Crippen LogP contribution in [0.3, 0.4) is 0 Å². The Bertz CT molecular complexity index is 649. The molecule has 0 aliphatic heterocycles. The van der Waals surface area contributed by atoms with Crippen LogP contribution in [0.5, 0.6) is 0 Å². The van der Waals surface area contributed by atoms with Gasteiger partial charge in [-0.25, -0.2) is 4.79 Å². The Hall–Kier alpha value is -2.97. The summed E-state index contributed by atoms with van der Waals surface area (Å²) in [5.41, 5.74) is 1.84. The van der Waals surface area contributed by atoms with Crippen LogP contribution in [-0.2, 0) is 9.53 Å². The maximum Gasteiger partial charge on any atom is 0.349 e. The van der Waals surface area contributed by atoms with E-state index in [1.807, 2.05) is 36.4 Å². The number of rotatable bonds is 3. The number of pyridine rings is 2. The minimum absolute atomic E-state index is 0.00718. The van der Waals surface area contributed by atoms with Gasteiger partial charge in [-0.1, -0.05) is 24.6 Å². The molecular formula is C18H18N2O3. The topological polar surface area (TPSA) is 72.3 Å². The molecule has 0 saturated heterocycles. The zero-order valence-corrected chi connectivity index (χ0v) is 13.1. The lowest BCUT2D eigenvalue weighted by Crippen LogP contribution is -2.14. The van der Waals surface area contributed by atoms with Gasteiger partial charge in [0, 0.05) is 19.3 Å². The number of ether oxygens (including phenoxy) is 1. The number of carbonyl (C=O) groups excluding carboxylic acids is 1. The molecule has 5 nitrogen and oxygen atoms in total. The summed E-state index contributed by atoms with van der Waals surface area (Å²) < 4.78 is 4.35. The molecule has 1 N–H and O–H groups in total. The van der Waals surface area contributed by atoms with E-state index < -0.39 is 12.1 Å². The number of esters is 1. The van der Waals surface area contributed by atoms with E-state index in [4.69, 9.17) is 5.11 Å². The normalized spacial score (nSPS) is 10.2.